The Morgan fingerprint density at radius 1 is 1.04 bits per heavy atom. The summed E-state index contributed by atoms with van der Waals surface area (Å²) in [5.74, 6) is 0.895. The molecule has 1 aromatic heterocycles. The van der Waals surface area contributed by atoms with Crippen molar-refractivity contribution in [1.29, 1.82) is 0 Å². The maximum atomic E-state index is 6.23. The maximum Gasteiger partial charge on any atom is 0.158 e. The number of halogens is 3. The Bertz CT molecular complexity index is 633. The molecule has 0 bridgehead atoms. The van der Waals surface area contributed by atoms with Crippen LogP contribution in [0.4, 0.5) is 0 Å². The van der Waals surface area contributed by atoms with Crippen LogP contribution >= 0.6 is 34.8 Å². The van der Waals surface area contributed by atoms with E-state index in [0.717, 1.165) is 32.2 Å². The van der Waals surface area contributed by atoms with Gasteiger partial charge in [-0.25, -0.2) is 4.98 Å². The van der Waals surface area contributed by atoms with Crippen LogP contribution in [0.1, 0.15) is 32.6 Å². The van der Waals surface area contributed by atoms with Crippen LogP contribution in [0.2, 0.25) is 15.1 Å². The summed E-state index contributed by atoms with van der Waals surface area (Å²) in [4.78, 5) is 4.02. The van der Waals surface area contributed by atoms with Crippen molar-refractivity contribution in [3.05, 3.63) is 39.9 Å². The van der Waals surface area contributed by atoms with Crippen LogP contribution in [0.25, 0.3) is 0 Å². The summed E-state index contributed by atoms with van der Waals surface area (Å²) in [6.45, 7) is 3.91. The van der Waals surface area contributed by atoms with Gasteiger partial charge in [0.25, 0.3) is 0 Å². The minimum atomic E-state index is 0.299. The summed E-state index contributed by atoms with van der Waals surface area (Å²) in [5, 5.41) is 1.04. The molecule has 0 fully saturated rings. The quantitative estimate of drug-likeness (QED) is 0.375. The summed E-state index contributed by atoms with van der Waals surface area (Å²) in [5.41, 5.74) is 0. The highest BCUT2D eigenvalue weighted by Gasteiger charge is 2.16. The fraction of sp³-hybridized carbons (Fsp3) is 0.471. The Balaban J connectivity index is 1.73. The van der Waals surface area contributed by atoms with Crippen LogP contribution in [0.15, 0.2) is 24.8 Å². The molecule has 0 N–H and O–H groups in total. The van der Waals surface area contributed by atoms with Gasteiger partial charge >= 0.3 is 0 Å². The van der Waals surface area contributed by atoms with Crippen molar-refractivity contribution in [1.82, 2.24) is 9.55 Å². The zero-order valence-electron chi connectivity index (χ0n) is 13.6. The van der Waals surface area contributed by atoms with Gasteiger partial charge in [-0.2, -0.15) is 0 Å². The van der Waals surface area contributed by atoms with E-state index in [9.17, 15) is 0 Å². The number of nitrogens with zero attached hydrogens (tertiary/aromatic N) is 2. The molecule has 0 saturated carbocycles. The van der Waals surface area contributed by atoms with E-state index in [0.29, 0.717) is 39.8 Å². The fourth-order valence-electron chi connectivity index (χ4n) is 2.29. The number of aromatic nitrogens is 2. The second-order valence-corrected chi connectivity index (χ2v) is 6.47. The average Bonchev–Trinajstić information content (AvgIpc) is 3.08. The van der Waals surface area contributed by atoms with Crippen molar-refractivity contribution in [2.45, 2.75) is 39.2 Å². The number of imidazole rings is 1. The van der Waals surface area contributed by atoms with Gasteiger partial charge in [-0.1, -0.05) is 47.6 Å². The first-order valence-electron chi connectivity index (χ1n) is 8.02. The molecular formula is C17H21Cl3N2O2. The Kier molecular flexibility index (Phi) is 8.03. The van der Waals surface area contributed by atoms with E-state index in [1.54, 1.807) is 12.3 Å². The van der Waals surface area contributed by atoms with E-state index in [-0.39, 0.29) is 0 Å². The Morgan fingerprint density at radius 2 is 1.83 bits per heavy atom. The van der Waals surface area contributed by atoms with Crippen LogP contribution in [-0.2, 0) is 6.54 Å². The smallest absolute Gasteiger partial charge is 0.158 e. The maximum absolute atomic E-state index is 6.23. The molecule has 2 aromatic rings. The van der Waals surface area contributed by atoms with E-state index < -0.39 is 0 Å². The van der Waals surface area contributed by atoms with E-state index in [2.05, 4.69) is 9.55 Å². The molecular weight excluding hydrogens is 371 g/mol. The molecule has 0 saturated heterocycles. The third-order valence-electron chi connectivity index (χ3n) is 3.50. The minimum Gasteiger partial charge on any atom is -0.492 e. The number of unbranched alkanes of at least 4 members (excludes halogenated alkanes) is 3. The van der Waals surface area contributed by atoms with Gasteiger partial charge in [-0.15, -0.1) is 0 Å². The molecule has 0 radical (unpaired) electrons. The van der Waals surface area contributed by atoms with E-state index in [1.807, 2.05) is 19.4 Å². The SMILES string of the molecule is CCOc1cc(Cl)c(OCCCCCCn2ccnc2)c(Cl)c1Cl. The topological polar surface area (TPSA) is 36.3 Å². The molecule has 132 valence electrons. The Hall–Kier alpha value is -1.10. The lowest BCUT2D eigenvalue weighted by Gasteiger charge is -2.14. The molecule has 0 amide bonds. The minimum absolute atomic E-state index is 0.299. The van der Waals surface area contributed by atoms with Gasteiger partial charge in [-0.05, 0) is 19.8 Å². The molecule has 0 spiro atoms. The van der Waals surface area contributed by atoms with E-state index in [4.69, 9.17) is 44.3 Å². The van der Waals surface area contributed by atoms with Crippen molar-refractivity contribution in [2.75, 3.05) is 13.2 Å². The average molecular weight is 392 g/mol. The molecule has 0 atom stereocenters. The Morgan fingerprint density at radius 3 is 2.54 bits per heavy atom. The Labute approximate surface area is 157 Å². The lowest BCUT2D eigenvalue weighted by Crippen LogP contribution is -2.01. The van der Waals surface area contributed by atoms with Crippen LogP contribution in [-0.4, -0.2) is 22.8 Å². The lowest BCUT2D eigenvalue weighted by molar-refractivity contribution is 0.302. The monoisotopic (exact) mass is 390 g/mol. The van der Waals surface area contributed by atoms with E-state index in [1.165, 1.54) is 0 Å². The number of hydrogen-bond acceptors (Lipinski definition) is 3. The van der Waals surface area contributed by atoms with Gasteiger partial charge in [0.2, 0.25) is 0 Å². The molecule has 2 rings (SSSR count). The van der Waals surface area contributed by atoms with E-state index >= 15 is 0 Å². The van der Waals surface area contributed by atoms with Crippen molar-refractivity contribution in [3.63, 3.8) is 0 Å². The summed E-state index contributed by atoms with van der Waals surface area (Å²) >= 11 is 18.6. The zero-order chi connectivity index (χ0) is 17.4. The van der Waals surface area contributed by atoms with Gasteiger partial charge in [0.05, 0.1) is 24.6 Å². The van der Waals surface area contributed by atoms with Gasteiger partial charge in [-0.3, -0.25) is 0 Å². The van der Waals surface area contributed by atoms with Crippen molar-refractivity contribution < 1.29 is 9.47 Å². The largest absolute Gasteiger partial charge is 0.492 e. The summed E-state index contributed by atoms with van der Waals surface area (Å²) in [7, 11) is 0. The summed E-state index contributed by atoms with van der Waals surface area (Å²) in [6, 6.07) is 1.64. The lowest BCUT2D eigenvalue weighted by atomic mass is 10.2. The summed E-state index contributed by atoms with van der Waals surface area (Å²) < 4.78 is 13.2. The number of hydrogen-bond donors (Lipinski definition) is 0. The second-order valence-electron chi connectivity index (χ2n) is 5.31. The standard InChI is InChI=1S/C17H21Cl3N2O2/c1-2-23-14-11-13(18)17(16(20)15(14)19)24-10-6-4-3-5-8-22-9-7-21-12-22/h7,9,11-12H,2-6,8,10H2,1H3. The highest BCUT2D eigenvalue weighted by atomic mass is 35.5. The first-order chi connectivity index (χ1) is 11.6. The molecule has 24 heavy (non-hydrogen) atoms. The van der Waals surface area contributed by atoms with Crippen LogP contribution in [0, 0.1) is 0 Å². The first kappa shape index (κ1) is 19.2. The van der Waals surface area contributed by atoms with Crippen LogP contribution in [0.5, 0.6) is 11.5 Å². The molecule has 1 heterocycles. The second kappa shape index (κ2) is 10.0. The fourth-order valence-corrected chi connectivity index (χ4v) is 3.03. The number of aryl methyl sites for hydroxylation is 1. The molecule has 0 unspecified atom stereocenters. The van der Waals surface area contributed by atoms with Gasteiger partial charge < -0.3 is 14.0 Å². The predicted octanol–water partition coefficient (Wildman–Crippen LogP) is 5.88. The van der Waals surface area contributed by atoms with Crippen LogP contribution < -0.4 is 9.47 Å². The van der Waals surface area contributed by atoms with Crippen LogP contribution in [0.3, 0.4) is 0 Å². The van der Waals surface area contributed by atoms with Crippen molar-refractivity contribution in [3.8, 4) is 11.5 Å². The zero-order valence-corrected chi connectivity index (χ0v) is 15.9. The summed E-state index contributed by atoms with van der Waals surface area (Å²) in [6.07, 6.45) is 9.87. The highest BCUT2D eigenvalue weighted by Crippen LogP contribution is 2.44. The third-order valence-corrected chi connectivity index (χ3v) is 4.61. The molecule has 1 aromatic carbocycles. The van der Waals surface area contributed by atoms with Gasteiger partial charge in [0.1, 0.15) is 15.8 Å². The third kappa shape index (κ3) is 5.47. The number of benzene rings is 1. The normalized spacial score (nSPS) is 10.8. The number of rotatable bonds is 10. The highest BCUT2D eigenvalue weighted by molar-refractivity contribution is 6.45. The molecule has 7 heteroatoms. The molecule has 0 aliphatic heterocycles. The predicted molar refractivity (Wildman–Crippen MR) is 98.8 cm³/mol. The molecule has 0 aliphatic carbocycles. The molecule has 4 nitrogen and oxygen atoms in total. The number of ether oxygens (including phenoxy) is 2. The van der Waals surface area contributed by atoms with Crippen molar-refractivity contribution >= 4 is 34.8 Å². The van der Waals surface area contributed by atoms with Gasteiger partial charge in [0, 0.05) is 25.0 Å². The van der Waals surface area contributed by atoms with Gasteiger partial charge in [0.15, 0.2) is 5.75 Å². The van der Waals surface area contributed by atoms with Crippen molar-refractivity contribution in [2.24, 2.45) is 0 Å². The molecule has 0 aliphatic rings. The first-order valence-corrected chi connectivity index (χ1v) is 9.15.